The Balaban J connectivity index is 1.72. The minimum absolute atomic E-state index is 0.0163. The van der Waals surface area contributed by atoms with Gasteiger partial charge in [-0.15, -0.1) is 0 Å². The molecule has 0 radical (unpaired) electrons. The third kappa shape index (κ3) is 4.03. The maximum atomic E-state index is 13.2. The Hall–Kier alpha value is -3.28. The molecule has 1 N–H and O–H groups in total. The van der Waals surface area contributed by atoms with E-state index >= 15 is 0 Å². The average Bonchev–Trinajstić information content (AvgIpc) is 2.79. The number of hydrogen-bond donors (Lipinski definition) is 1. The lowest BCUT2D eigenvalue weighted by Gasteiger charge is -2.30. The van der Waals surface area contributed by atoms with E-state index in [1.807, 2.05) is 53.4 Å². The van der Waals surface area contributed by atoms with Crippen molar-refractivity contribution in [2.45, 2.75) is 19.8 Å². The summed E-state index contributed by atoms with van der Waals surface area (Å²) < 4.78 is 10.8. The summed E-state index contributed by atoms with van der Waals surface area (Å²) in [5, 5.41) is 4.38. The molecule has 1 amide bonds. The highest BCUT2D eigenvalue weighted by molar-refractivity contribution is 6.00. The zero-order valence-electron chi connectivity index (χ0n) is 17.6. The van der Waals surface area contributed by atoms with Crippen molar-refractivity contribution in [3.63, 3.8) is 0 Å². The molecule has 0 bridgehead atoms. The first-order valence-electron chi connectivity index (χ1n) is 10.3. The standard InChI is InChI=1S/C24H27N3O3/c1-16-10-12-27(13-11-16)24(28)22-15-21(18-6-4-5-7-19(18)25-22)26-20-9-8-17(29-2)14-23(20)30-3/h4-9,14-16H,10-13H2,1-3H3,(H,25,26). The van der Waals surface area contributed by atoms with Crippen LogP contribution in [-0.2, 0) is 0 Å². The number of benzene rings is 2. The quantitative estimate of drug-likeness (QED) is 0.656. The first kappa shape index (κ1) is 20.0. The summed E-state index contributed by atoms with van der Waals surface area (Å²) in [5.74, 6) is 2.02. The number of piperidine rings is 1. The molecule has 0 spiro atoms. The third-order valence-corrected chi connectivity index (χ3v) is 5.68. The highest BCUT2D eigenvalue weighted by atomic mass is 16.5. The van der Waals surface area contributed by atoms with E-state index < -0.39 is 0 Å². The Labute approximate surface area is 176 Å². The first-order chi connectivity index (χ1) is 14.6. The summed E-state index contributed by atoms with van der Waals surface area (Å²) in [6, 6.07) is 15.3. The second kappa shape index (κ2) is 8.61. The molecular formula is C24H27N3O3. The van der Waals surface area contributed by atoms with Crippen molar-refractivity contribution in [2.24, 2.45) is 5.92 Å². The number of anilines is 2. The van der Waals surface area contributed by atoms with Crippen molar-refractivity contribution in [2.75, 3.05) is 32.6 Å². The van der Waals surface area contributed by atoms with Crippen LogP contribution in [0, 0.1) is 5.92 Å². The molecule has 6 nitrogen and oxygen atoms in total. The van der Waals surface area contributed by atoms with E-state index in [1.165, 1.54) is 0 Å². The second-order valence-electron chi connectivity index (χ2n) is 7.74. The number of rotatable bonds is 5. The van der Waals surface area contributed by atoms with Gasteiger partial charge in [0.25, 0.3) is 5.91 Å². The van der Waals surface area contributed by atoms with Gasteiger partial charge >= 0.3 is 0 Å². The van der Waals surface area contributed by atoms with Crippen molar-refractivity contribution < 1.29 is 14.3 Å². The molecule has 0 saturated carbocycles. The zero-order valence-corrected chi connectivity index (χ0v) is 17.6. The van der Waals surface area contributed by atoms with Crippen LogP contribution in [0.5, 0.6) is 11.5 Å². The minimum atomic E-state index is -0.0163. The number of likely N-dealkylation sites (tertiary alicyclic amines) is 1. The topological polar surface area (TPSA) is 63.7 Å². The van der Waals surface area contributed by atoms with E-state index in [0.29, 0.717) is 23.1 Å². The van der Waals surface area contributed by atoms with Crippen LogP contribution < -0.4 is 14.8 Å². The zero-order chi connectivity index (χ0) is 21.1. The molecule has 156 valence electrons. The molecule has 6 heteroatoms. The van der Waals surface area contributed by atoms with E-state index in [2.05, 4.69) is 17.2 Å². The lowest BCUT2D eigenvalue weighted by Crippen LogP contribution is -2.38. The SMILES string of the molecule is COc1ccc(Nc2cc(C(=O)N3CCC(C)CC3)nc3ccccc23)c(OC)c1. The maximum absolute atomic E-state index is 13.2. The Morgan fingerprint density at radius 2 is 1.80 bits per heavy atom. The molecule has 0 atom stereocenters. The Kier molecular flexibility index (Phi) is 5.74. The molecule has 1 aliphatic heterocycles. The first-order valence-corrected chi connectivity index (χ1v) is 10.3. The minimum Gasteiger partial charge on any atom is -0.497 e. The lowest BCUT2D eigenvalue weighted by molar-refractivity contribution is 0.0691. The summed E-state index contributed by atoms with van der Waals surface area (Å²) in [6.45, 7) is 3.80. The number of nitrogens with one attached hydrogen (secondary N) is 1. The van der Waals surface area contributed by atoms with Crippen LogP contribution >= 0.6 is 0 Å². The summed E-state index contributed by atoms with van der Waals surface area (Å²) in [6.07, 6.45) is 2.07. The van der Waals surface area contributed by atoms with Crippen molar-refractivity contribution in [1.29, 1.82) is 0 Å². The van der Waals surface area contributed by atoms with Gasteiger partial charge in [-0.25, -0.2) is 4.98 Å². The molecule has 30 heavy (non-hydrogen) atoms. The Bertz CT molecular complexity index is 1060. The highest BCUT2D eigenvalue weighted by Gasteiger charge is 2.23. The van der Waals surface area contributed by atoms with Gasteiger partial charge in [0, 0.05) is 24.5 Å². The van der Waals surface area contributed by atoms with Crippen molar-refractivity contribution >= 4 is 28.2 Å². The summed E-state index contributed by atoms with van der Waals surface area (Å²) >= 11 is 0. The number of amides is 1. The molecule has 1 fully saturated rings. The number of carbonyl (C=O) groups is 1. The summed E-state index contributed by atoms with van der Waals surface area (Å²) in [5.41, 5.74) is 2.85. The number of aromatic nitrogens is 1. The van der Waals surface area contributed by atoms with Crippen LogP contribution in [0.25, 0.3) is 10.9 Å². The second-order valence-corrected chi connectivity index (χ2v) is 7.74. The Morgan fingerprint density at radius 3 is 2.53 bits per heavy atom. The third-order valence-electron chi connectivity index (χ3n) is 5.68. The van der Waals surface area contributed by atoms with Gasteiger partial charge in [-0.1, -0.05) is 25.1 Å². The van der Waals surface area contributed by atoms with Crippen molar-refractivity contribution in [3.8, 4) is 11.5 Å². The fourth-order valence-corrected chi connectivity index (χ4v) is 3.81. The Morgan fingerprint density at radius 1 is 1.03 bits per heavy atom. The smallest absolute Gasteiger partial charge is 0.272 e. The predicted molar refractivity (Wildman–Crippen MR) is 119 cm³/mol. The number of pyridine rings is 1. The number of hydrogen-bond acceptors (Lipinski definition) is 5. The van der Waals surface area contributed by atoms with Crippen LogP contribution in [0.3, 0.4) is 0 Å². The van der Waals surface area contributed by atoms with Gasteiger partial charge in [0.05, 0.1) is 31.1 Å². The lowest BCUT2D eigenvalue weighted by atomic mass is 9.99. The van der Waals surface area contributed by atoms with Crippen LogP contribution in [0.15, 0.2) is 48.5 Å². The molecular weight excluding hydrogens is 378 g/mol. The van der Waals surface area contributed by atoms with E-state index in [4.69, 9.17) is 9.47 Å². The largest absolute Gasteiger partial charge is 0.497 e. The molecule has 1 saturated heterocycles. The van der Waals surface area contributed by atoms with E-state index in [1.54, 1.807) is 14.2 Å². The van der Waals surface area contributed by atoms with Crippen LogP contribution in [0.1, 0.15) is 30.3 Å². The fraction of sp³-hybridized carbons (Fsp3) is 0.333. The van der Waals surface area contributed by atoms with Gasteiger partial charge in [0.1, 0.15) is 17.2 Å². The van der Waals surface area contributed by atoms with Gasteiger partial charge in [-0.05, 0) is 43.0 Å². The van der Waals surface area contributed by atoms with Crippen molar-refractivity contribution in [1.82, 2.24) is 9.88 Å². The number of nitrogens with zero attached hydrogens (tertiary/aromatic N) is 2. The molecule has 1 aromatic heterocycles. The molecule has 3 aromatic rings. The van der Waals surface area contributed by atoms with E-state index in [9.17, 15) is 4.79 Å². The fourth-order valence-electron chi connectivity index (χ4n) is 3.81. The number of para-hydroxylation sites is 1. The van der Waals surface area contributed by atoms with E-state index in [0.717, 1.165) is 48.2 Å². The number of fused-ring (bicyclic) bond motifs is 1. The van der Waals surface area contributed by atoms with Gasteiger partial charge < -0.3 is 19.7 Å². The number of methoxy groups -OCH3 is 2. The predicted octanol–water partition coefficient (Wildman–Crippen LogP) is 4.87. The van der Waals surface area contributed by atoms with Gasteiger partial charge in [0.2, 0.25) is 0 Å². The normalized spacial score (nSPS) is 14.6. The molecule has 2 heterocycles. The maximum Gasteiger partial charge on any atom is 0.272 e. The molecule has 0 unspecified atom stereocenters. The highest BCUT2D eigenvalue weighted by Crippen LogP contribution is 2.34. The van der Waals surface area contributed by atoms with Crippen LogP contribution in [0.2, 0.25) is 0 Å². The molecule has 0 aliphatic carbocycles. The monoisotopic (exact) mass is 405 g/mol. The van der Waals surface area contributed by atoms with E-state index in [-0.39, 0.29) is 5.91 Å². The van der Waals surface area contributed by atoms with Gasteiger partial charge in [-0.2, -0.15) is 0 Å². The summed E-state index contributed by atoms with van der Waals surface area (Å²) in [4.78, 5) is 19.7. The molecule has 1 aliphatic rings. The van der Waals surface area contributed by atoms with Gasteiger partial charge in [0.15, 0.2) is 0 Å². The molecule has 2 aromatic carbocycles. The van der Waals surface area contributed by atoms with Crippen LogP contribution in [-0.4, -0.2) is 43.1 Å². The number of carbonyl (C=O) groups excluding carboxylic acids is 1. The molecule has 4 rings (SSSR count). The average molecular weight is 405 g/mol. The van der Waals surface area contributed by atoms with Gasteiger partial charge in [-0.3, -0.25) is 4.79 Å². The number of ether oxygens (including phenoxy) is 2. The van der Waals surface area contributed by atoms with Crippen molar-refractivity contribution in [3.05, 3.63) is 54.2 Å². The summed E-state index contributed by atoms with van der Waals surface area (Å²) in [7, 11) is 3.24. The van der Waals surface area contributed by atoms with Crippen LogP contribution in [0.4, 0.5) is 11.4 Å².